The number of hydrogen-bond acceptors (Lipinski definition) is 5. The van der Waals surface area contributed by atoms with Gasteiger partial charge in [0.2, 0.25) is 5.91 Å². The van der Waals surface area contributed by atoms with Gasteiger partial charge in [-0.05, 0) is 48.2 Å². The Labute approximate surface area is 178 Å². The zero-order chi connectivity index (χ0) is 20.4. The normalized spacial score (nSPS) is 13.3. The van der Waals surface area contributed by atoms with E-state index in [2.05, 4.69) is 9.71 Å². The van der Waals surface area contributed by atoms with Gasteiger partial charge < -0.3 is 4.90 Å². The highest BCUT2D eigenvalue weighted by Gasteiger charge is 2.26. The maximum atomic E-state index is 12.7. The summed E-state index contributed by atoms with van der Waals surface area (Å²) in [5, 5.41) is 2.68. The number of amides is 1. The number of aromatic nitrogens is 1. The molecule has 0 saturated heterocycles. The second-order valence-corrected chi connectivity index (χ2v) is 9.60. The van der Waals surface area contributed by atoms with Crippen molar-refractivity contribution >= 4 is 49.7 Å². The Bertz CT molecular complexity index is 1150. The molecule has 9 heteroatoms. The van der Waals surface area contributed by atoms with E-state index in [4.69, 9.17) is 11.6 Å². The van der Waals surface area contributed by atoms with Gasteiger partial charge in [-0.25, -0.2) is 13.4 Å². The lowest BCUT2D eigenvalue weighted by atomic mass is 10.1. The standard InChI is InChI=1S/C20H18ClN3O3S2/c21-17-4-2-1-3-14(17)5-8-19(25)24-11-9-15-13-16(6-7-18(15)24)29(26,27)23-20-22-10-12-28-20/h1-4,6-7,10,12-13H,5,8-9,11H2,(H,22,23). The molecule has 0 radical (unpaired) electrons. The number of nitrogens with one attached hydrogen (secondary N) is 1. The van der Waals surface area contributed by atoms with Gasteiger partial charge in [0, 0.05) is 35.3 Å². The van der Waals surface area contributed by atoms with Crippen LogP contribution in [0, 0.1) is 0 Å². The lowest BCUT2D eigenvalue weighted by Gasteiger charge is -2.18. The van der Waals surface area contributed by atoms with Crippen molar-refractivity contribution < 1.29 is 13.2 Å². The summed E-state index contributed by atoms with van der Waals surface area (Å²) >= 11 is 7.38. The Morgan fingerprint density at radius 2 is 2.07 bits per heavy atom. The fraction of sp³-hybridized carbons (Fsp3) is 0.200. The first-order chi connectivity index (χ1) is 13.9. The van der Waals surface area contributed by atoms with E-state index in [1.54, 1.807) is 22.4 Å². The number of carbonyl (C=O) groups excluding carboxylic acids is 1. The lowest BCUT2D eigenvalue weighted by Crippen LogP contribution is -2.29. The Balaban J connectivity index is 1.48. The molecule has 0 spiro atoms. The first-order valence-electron chi connectivity index (χ1n) is 9.03. The third-order valence-corrected chi connectivity index (χ3v) is 7.30. The smallest absolute Gasteiger partial charge is 0.263 e. The van der Waals surface area contributed by atoms with Gasteiger partial charge in [-0.2, -0.15) is 0 Å². The highest BCUT2D eigenvalue weighted by Crippen LogP contribution is 2.31. The zero-order valence-corrected chi connectivity index (χ0v) is 17.7. The molecular formula is C20H18ClN3O3S2. The number of sulfonamides is 1. The summed E-state index contributed by atoms with van der Waals surface area (Å²) in [6, 6.07) is 12.3. The minimum Gasteiger partial charge on any atom is -0.312 e. The van der Waals surface area contributed by atoms with Gasteiger partial charge in [-0.15, -0.1) is 11.3 Å². The number of rotatable bonds is 6. The van der Waals surface area contributed by atoms with E-state index in [9.17, 15) is 13.2 Å². The number of anilines is 2. The predicted molar refractivity (Wildman–Crippen MR) is 115 cm³/mol. The number of hydrogen-bond donors (Lipinski definition) is 1. The van der Waals surface area contributed by atoms with Crippen LogP contribution in [-0.4, -0.2) is 25.9 Å². The molecule has 0 bridgehead atoms. The number of aryl methyl sites for hydroxylation is 1. The molecule has 1 amide bonds. The maximum absolute atomic E-state index is 12.7. The first-order valence-corrected chi connectivity index (χ1v) is 11.8. The zero-order valence-electron chi connectivity index (χ0n) is 15.3. The number of halogens is 1. The fourth-order valence-electron chi connectivity index (χ4n) is 3.33. The van der Waals surface area contributed by atoms with Gasteiger partial charge in [0.15, 0.2) is 5.13 Å². The Hall–Kier alpha value is -2.42. The Morgan fingerprint density at radius 1 is 1.24 bits per heavy atom. The molecule has 0 fully saturated rings. The quantitative estimate of drug-likeness (QED) is 0.616. The number of fused-ring (bicyclic) bond motifs is 1. The van der Waals surface area contributed by atoms with Crippen molar-refractivity contribution in [3.63, 3.8) is 0 Å². The van der Waals surface area contributed by atoms with Crippen molar-refractivity contribution in [3.8, 4) is 0 Å². The molecular weight excluding hydrogens is 430 g/mol. The van der Waals surface area contributed by atoms with Crippen LogP contribution >= 0.6 is 22.9 Å². The molecule has 29 heavy (non-hydrogen) atoms. The third-order valence-electron chi connectivity index (χ3n) is 4.78. The summed E-state index contributed by atoms with van der Waals surface area (Å²) in [5.74, 6) is 0.000174. The van der Waals surface area contributed by atoms with Crippen molar-refractivity contribution in [2.24, 2.45) is 0 Å². The van der Waals surface area contributed by atoms with Crippen LogP contribution in [0.2, 0.25) is 5.02 Å². The molecule has 1 aromatic heterocycles. The van der Waals surface area contributed by atoms with Crippen molar-refractivity contribution in [2.45, 2.75) is 24.2 Å². The molecule has 2 heterocycles. The van der Waals surface area contributed by atoms with Gasteiger partial charge in [0.25, 0.3) is 10.0 Å². The highest BCUT2D eigenvalue weighted by molar-refractivity contribution is 7.93. The summed E-state index contributed by atoms with van der Waals surface area (Å²) in [7, 11) is -3.71. The molecule has 4 rings (SSSR count). The Kier molecular flexibility index (Phi) is 5.58. The van der Waals surface area contributed by atoms with E-state index < -0.39 is 10.0 Å². The Morgan fingerprint density at radius 3 is 2.83 bits per heavy atom. The summed E-state index contributed by atoms with van der Waals surface area (Å²) in [6.45, 7) is 0.542. The second-order valence-electron chi connectivity index (χ2n) is 6.62. The van der Waals surface area contributed by atoms with E-state index in [0.717, 1.165) is 16.8 Å². The molecule has 1 aliphatic heterocycles. The molecule has 2 aromatic carbocycles. The second kappa shape index (κ2) is 8.14. The van der Waals surface area contributed by atoms with Crippen LogP contribution in [-0.2, 0) is 27.7 Å². The number of nitrogens with zero attached hydrogens (tertiary/aromatic N) is 2. The number of carbonyl (C=O) groups is 1. The number of thiazole rings is 1. The maximum Gasteiger partial charge on any atom is 0.263 e. The summed E-state index contributed by atoms with van der Waals surface area (Å²) in [5.41, 5.74) is 2.55. The van der Waals surface area contributed by atoms with Gasteiger partial charge in [0.05, 0.1) is 4.90 Å². The molecule has 0 saturated carbocycles. The van der Waals surface area contributed by atoms with Crippen LogP contribution in [0.5, 0.6) is 0 Å². The molecule has 3 aromatic rings. The summed E-state index contributed by atoms with van der Waals surface area (Å²) < 4.78 is 27.6. The van der Waals surface area contributed by atoms with Gasteiger partial charge in [-0.3, -0.25) is 9.52 Å². The van der Waals surface area contributed by atoms with Crippen LogP contribution in [0.25, 0.3) is 0 Å². The minimum atomic E-state index is -3.71. The molecule has 6 nitrogen and oxygen atoms in total. The summed E-state index contributed by atoms with van der Waals surface area (Å²) in [4.78, 5) is 18.6. The van der Waals surface area contributed by atoms with Crippen molar-refractivity contribution in [1.29, 1.82) is 0 Å². The van der Waals surface area contributed by atoms with E-state index in [1.165, 1.54) is 23.6 Å². The molecule has 150 valence electrons. The fourth-order valence-corrected chi connectivity index (χ4v) is 5.40. The van der Waals surface area contributed by atoms with Crippen LogP contribution in [0.15, 0.2) is 58.9 Å². The highest BCUT2D eigenvalue weighted by atomic mass is 35.5. The van der Waals surface area contributed by atoms with Crippen molar-refractivity contribution in [3.05, 3.63) is 70.2 Å². The van der Waals surface area contributed by atoms with E-state index in [1.807, 2.05) is 24.3 Å². The van der Waals surface area contributed by atoms with E-state index in [0.29, 0.717) is 36.0 Å². The van der Waals surface area contributed by atoms with E-state index >= 15 is 0 Å². The predicted octanol–water partition coefficient (Wildman–Crippen LogP) is 4.12. The van der Waals surface area contributed by atoms with Gasteiger partial charge in [0.1, 0.15) is 0 Å². The first kappa shape index (κ1) is 19.9. The van der Waals surface area contributed by atoms with Crippen LogP contribution in [0.3, 0.4) is 0 Å². The van der Waals surface area contributed by atoms with Crippen molar-refractivity contribution in [2.75, 3.05) is 16.2 Å². The molecule has 0 atom stereocenters. The summed E-state index contributed by atoms with van der Waals surface area (Å²) in [6.07, 6.45) is 3.06. The third kappa shape index (κ3) is 4.29. The minimum absolute atomic E-state index is 0.000174. The number of benzene rings is 2. The molecule has 1 N–H and O–H groups in total. The molecule has 0 aliphatic carbocycles. The molecule has 1 aliphatic rings. The van der Waals surface area contributed by atoms with Crippen LogP contribution < -0.4 is 9.62 Å². The average molecular weight is 448 g/mol. The largest absolute Gasteiger partial charge is 0.312 e. The average Bonchev–Trinajstić information content (AvgIpc) is 3.36. The SMILES string of the molecule is O=C(CCc1ccccc1Cl)N1CCc2cc(S(=O)(=O)Nc3nccs3)ccc21. The van der Waals surface area contributed by atoms with Crippen LogP contribution in [0.1, 0.15) is 17.5 Å². The lowest BCUT2D eigenvalue weighted by molar-refractivity contribution is -0.118. The monoisotopic (exact) mass is 447 g/mol. The van der Waals surface area contributed by atoms with Crippen LogP contribution in [0.4, 0.5) is 10.8 Å². The van der Waals surface area contributed by atoms with Gasteiger partial charge in [-0.1, -0.05) is 29.8 Å². The molecule has 0 unspecified atom stereocenters. The topological polar surface area (TPSA) is 79.4 Å². The van der Waals surface area contributed by atoms with Crippen molar-refractivity contribution in [1.82, 2.24) is 4.98 Å². The van der Waals surface area contributed by atoms with E-state index in [-0.39, 0.29) is 10.8 Å². The van der Waals surface area contributed by atoms with Gasteiger partial charge >= 0.3 is 0 Å².